The maximum atomic E-state index is 6.04. The van der Waals surface area contributed by atoms with Crippen LogP contribution in [0.3, 0.4) is 0 Å². The number of benzene rings is 3. The standard InChI is InChI=1S/C21H17ClN2/c1-15-7-12-20-19(13-15)23-21(17-8-10-18(22)11-9-17)24(20)14-16-5-3-2-4-6-16/h2-13H,14H2,1H3. The number of fused-ring (bicyclic) bond motifs is 1. The predicted octanol–water partition coefficient (Wildman–Crippen LogP) is 5.71. The Balaban J connectivity index is 1.91. The number of aromatic nitrogens is 2. The number of nitrogens with zero attached hydrogens (tertiary/aromatic N) is 2. The Bertz CT molecular complexity index is 986. The summed E-state index contributed by atoms with van der Waals surface area (Å²) in [5, 5.41) is 0.736. The molecule has 2 nitrogen and oxygen atoms in total. The van der Waals surface area contributed by atoms with Crippen molar-refractivity contribution in [2.24, 2.45) is 0 Å². The van der Waals surface area contributed by atoms with E-state index in [1.165, 1.54) is 11.1 Å². The van der Waals surface area contributed by atoms with Gasteiger partial charge in [-0.1, -0.05) is 48.0 Å². The van der Waals surface area contributed by atoms with Crippen molar-refractivity contribution in [3.8, 4) is 11.4 Å². The fourth-order valence-corrected chi connectivity index (χ4v) is 3.11. The summed E-state index contributed by atoms with van der Waals surface area (Å²) in [5.74, 6) is 0.969. The zero-order valence-corrected chi connectivity index (χ0v) is 14.2. The molecule has 1 heterocycles. The molecule has 0 amide bonds. The van der Waals surface area contributed by atoms with Gasteiger partial charge < -0.3 is 4.57 Å². The first-order valence-corrected chi connectivity index (χ1v) is 8.35. The van der Waals surface area contributed by atoms with Crippen molar-refractivity contribution in [2.75, 3.05) is 0 Å². The van der Waals surface area contributed by atoms with E-state index in [1.807, 2.05) is 30.3 Å². The van der Waals surface area contributed by atoms with Gasteiger partial charge in [0.25, 0.3) is 0 Å². The molecule has 0 unspecified atom stereocenters. The normalized spacial score (nSPS) is 11.1. The van der Waals surface area contributed by atoms with Gasteiger partial charge in [0.15, 0.2) is 0 Å². The van der Waals surface area contributed by atoms with Crippen LogP contribution in [-0.2, 0) is 6.54 Å². The van der Waals surface area contributed by atoms with Crippen LogP contribution in [0.2, 0.25) is 5.02 Å². The van der Waals surface area contributed by atoms with Gasteiger partial charge in [0, 0.05) is 17.1 Å². The maximum Gasteiger partial charge on any atom is 0.141 e. The van der Waals surface area contributed by atoms with Gasteiger partial charge in [-0.2, -0.15) is 0 Å². The first-order chi connectivity index (χ1) is 11.7. The summed E-state index contributed by atoms with van der Waals surface area (Å²) in [6.45, 7) is 2.88. The molecule has 0 bridgehead atoms. The molecular weight excluding hydrogens is 316 g/mol. The van der Waals surface area contributed by atoms with Crippen LogP contribution in [0.5, 0.6) is 0 Å². The van der Waals surface area contributed by atoms with Crippen LogP contribution in [0.15, 0.2) is 72.8 Å². The van der Waals surface area contributed by atoms with Crippen molar-refractivity contribution in [3.63, 3.8) is 0 Å². The summed E-state index contributed by atoms with van der Waals surface area (Å²) in [7, 11) is 0. The summed E-state index contributed by atoms with van der Waals surface area (Å²) in [4.78, 5) is 4.89. The molecule has 118 valence electrons. The molecule has 4 rings (SSSR count). The third-order valence-corrected chi connectivity index (χ3v) is 4.44. The minimum absolute atomic E-state index is 0.736. The van der Waals surface area contributed by atoms with Gasteiger partial charge in [-0.3, -0.25) is 0 Å². The molecule has 0 spiro atoms. The molecule has 0 fully saturated rings. The summed E-state index contributed by atoms with van der Waals surface area (Å²) in [5.41, 5.74) is 5.72. The Morgan fingerprint density at radius 2 is 1.67 bits per heavy atom. The van der Waals surface area contributed by atoms with E-state index < -0.39 is 0 Å². The lowest BCUT2D eigenvalue weighted by Crippen LogP contribution is -2.02. The Morgan fingerprint density at radius 3 is 2.42 bits per heavy atom. The van der Waals surface area contributed by atoms with Gasteiger partial charge in [0.05, 0.1) is 11.0 Å². The fourth-order valence-electron chi connectivity index (χ4n) is 2.99. The van der Waals surface area contributed by atoms with Gasteiger partial charge in [-0.05, 0) is 54.4 Å². The molecule has 24 heavy (non-hydrogen) atoms. The molecule has 0 aliphatic rings. The summed E-state index contributed by atoms with van der Waals surface area (Å²) in [6.07, 6.45) is 0. The van der Waals surface area contributed by atoms with Gasteiger partial charge >= 0.3 is 0 Å². The van der Waals surface area contributed by atoms with Gasteiger partial charge in [-0.15, -0.1) is 0 Å². The Morgan fingerprint density at radius 1 is 0.917 bits per heavy atom. The van der Waals surface area contributed by atoms with Crippen LogP contribution in [0.4, 0.5) is 0 Å². The third kappa shape index (κ3) is 2.81. The van der Waals surface area contributed by atoms with E-state index in [1.54, 1.807) is 0 Å². The molecule has 0 saturated carbocycles. The molecule has 0 aliphatic heterocycles. The molecule has 0 aliphatic carbocycles. The van der Waals surface area contributed by atoms with Crippen molar-refractivity contribution in [1.82, 2.24) is 9.55 Å². The lowest BCUT2D eigenvalue weighted by molar-refractivity contribution is 0.834. The molecule has 0 N–H and O–H groups in total. The molecule has 1 aromatic heterocycles. The quantitative estimate of drug-likeness (QED) is 0.469. The van der Waals surface area contributed by atoms with Crippen LogP contribution < -0.4 is 0 Å². The molecule has 0 saturated heterocycles. The van der Waals surface area contributed by atoms with Gasteiger partial charge in [0.1, 0.15) is 5.82 Å². The van der Waals surface area contributed by atoms with Crippen molar-refractivity contribution < 1.29 is 0 Å². The number of imidazole rings is 1. The largest absolute Gasteiger partial charge is 0.319 e. The summed E-state index contributed by atoms with van der Waals surface area (Å²) < 4.78 is 2.27. The van der Waals surface area contributed by atoms with Crippen LogP contribution in [0.1, 0.15) is 11.1 Å². The zero-order valence-electron chi connectivity index (χ0n) is 13.4. The Labute approximate surface area is 146 Å². The van der Waals surface area contributed by atoms with Crippen LogP contribution in [-0.4, -0.2) is 9.55 Å². The Hall–Kier alpha value is -2.58. The smallest absolute Gasteiger partial charge is 0.141 e. The first kappa shape index (κ1) is 15.0. The second-order valence-corrected chi connectivity index (χ2v) is 6.44. The SMILES string of the molecule is Cc1ccc2c(c1)nc(-c1ccc(Cl)cc1)n2Cc1ccccc1. The van der Waals surface area contributed by atoms with Crippen molar-refractivity contribution in [2.45, 2.75) is 13.5 Å². The second-order valence-electron chi connectivity index (χ2n) is 6.01. The molecule has 4 aromatic rings. The van der Waals surface area contributed by atoms with E-state index in [9.17, 15) is 0 Å². The second kappa shape index (κ2) is 6.14. The average Bonchev–Trinajstić information content (AvgIpc) is 2.94. The number of halogens is 1. The fraction of sp³-hybridized carbons (Fsp3) is 0.0952. The van der Waals surface area contributed by atoms with E-state index in [4.69, 9.17) is 16.6 Å². The van der Waals surface area contributed by atoms with E-state index >= 15 is 0 Å². The highest BCUT2D eigenvalue weighted by molar-refractivity contribution is 6.30. The van der Waals surface area contributed by atoms with Crippen LogP contribution >= 0.6 is 11.6 Å². The van der Waals surface area contributed by atoms with Crippen LogP contribution in [0, 0.1) is 6.92 Å². The molecular formula is C21H17ClN2. The topological polar surface area (TPSA) is 17.8 Å². The highest BCUT2D eigenvalue weighted by Gasteiger charge is 2.13. The van der Waals surface area contributed by atoms with Gasteiger partial charge in [-0.25, -0.2) is 4.98 Å². The van der Waals surface area contributed by atoms with Gasteiger partial charge in [0.2, 0.25) is 0 Å². The Kier molecular flexibility index (Phi) is 3.83. The van der Waals surface area contributed by atoms with E-state index in [0.29, 0.717) is 0 Å². The zero-order chi connectivity index (χ0) is 16.5. The number of hydrogen-bond donors (Lipinski definition) is 0. The highest BCUT2D eigenvalue weighted by atomic mass is 35.5. The van der Waals surface area contributed by atoms with Crippen molar-refractivity contribution in [1.29, 1.82) is 0 Å². The molecule has 3 heteroatoms. The number of hydrogen-bond acceptors (Lipinski definition) is 1. The average molecular weight is 333 g/mol. The monoisotopic (exact) mass is 332 g/mol. The van der Waals surface area contributed by atoms with E-state index in [2.05, 4.69) is 54.0 Å². The first-order valence-electron chi connectivity index (χ1n) is 7.97. The maximum absolute atomic E-state index is 6.04. The van der Waals surface area contributed by atoms with E-state index in [0.717, 1.165) is 34.0 Å². The highest BCUT2D eigenvalue weighted by Crippen LogP contribution is 2.27. The van der Waals surface area contributed by atoms with Crippen LogP contribution in [0.25, 0.3) is 22.4 Å². The van der Waals surface area contributed by atoms with E-state index in [-0.39, 0.29) is 0 Å². The number of rotatable bonds is 3. The molecule has 3 aromatic carbocycles. The summed E-state index contributed by atoms with van der Waals surface area (Å²) >= 11 is 6.04. The number of aryl methyl sites for hydroxylation is 1. The molecule has 0 radical (unpaired) electrons. The lowest BCUT2D eigenvalue weighted by atomic mass is 10.2. The minimum Gasteiger partial charge on any atom is -0.319 e. The van der Waals surface area contributed by atoms with Crippen molar-refractivity contribution in [3.05, 3.63) is 88.9 Å². The third-order valence-electron chi connectivity index (χ3n) is 4.19. The molecule has 0 atom stereocenters. The minimum atomic E-state index is 0.736. The summed E-state index contributed by atoms with van der Waals surface area (Å²) in [6, 6.07) is 24.8. The predicted molar refractivity (Wildman–Crippen MR) is 100 cm³/mol. The lowest BCUT2D eigenvalue weighted by Gasteiger charge is -2.10. The van der Waals surface area contributed by atoms with Crippen molar-refractivity contribution >= 4 is 22.6 Å².